The summed E-state index contributed by atoms with van der Waals surface area (Å²) < 4.78 is 10.8. The second-order valence-corrected chi connectivity index (χ2v) is 5.68. The number of nitrogens with one attached hydrogen (secondary N) is 3. The molecule has 1 heterocycles. The molecular formula is C17H23N4O2S+. The van der Waals surface area contributed by atoms with Crippen molar-refractivity contribution in [2.45, 2.75) is 0 Å². The molecule has 128 valence electrons. The molecule has 1 aromatic carbocycles. The van der Waals surface area contributed by atoms with Crippen LogP contribution in [0.3, 0.4) is 0 Å². The van der Waals surface area contributed by atoms with Crippen LogP contribution in [0.2, 0.25) is 0 Å². The number of quaternary nitrogens is 1. The molecule has 1 saturated heterocycles. The highest BCUT2D eigenvalue weighted by Crippen LogP contribution is 2.15. The monoisotopic (exact) mass is 347 g/mol. The zero-order valence-corrected chi connectivity index (χ0v) is 14.4. The van der Waals surface area contributed by atoms with Crippen molar-refractivity contribution in [2.24, 2.45) is 5.10 Å². The van der Waals surface area contributed by atoms with E-state index in [1.54, 1.807) is 6.21 Å². The van der Waals surface area contributed by atoms with E-state index in [4.69, 9.17) is 28.1 Å². The van der Waals surface area contributed by atoms with E-state index in [1.165, 1.54) is 4.90 Å². The number of rotatable bonds is 7. The van der Waals surface area contributed by atoms with Crippen molar-refractivity contribution in [2.75, 3.05) is 46.0 Å². The van der Waals surface area contributed by atoms with Gasteiger partial charge in [0.05, 0.1) is 32.5 Å². The molecule has 1 aromatic rings. The van der Waals surface area contributed by atoms with E-state index in [0.717, 1.165) is 45.0 Å². The Bertz CT molecular complexity index is 594. The molecular weight excluding hydrogens is 324 g/mol. The minimum absolute atomic E-state index is 0.224. The summed E-state index contributed by atoms with van der Waals surface area (Å²) >= 11 is 5.21. The number of hydrazone groups is 1. The third-order valence-electron chi connectivity index (χ3n) is 3.56. The van der Waals surface area contributed by atoms with Crippen LogP contribution in [0.15, 0.2) is 29.4 Å². The fourth-order valence-corrected chi connectivity index (χ4v) is 2.46. The number of thiocarbonyl (C=S) groups is 1. The Hall–Kier alpha value is -2.14. The van der Waals surface area contributed by atoms with Crippen LogP contribution in [-0.2, 0) is 4.74 Å². The third kappa shape index (κ3) is 6.54. The highest BCUT2D eigenvalue weighted by atomic mass is 32.1. The first-order valence-electron chi connectivity index (χ1n) is 7.93. The molecule has 1 aliphatic rings. The minimum atomic E-state index is 0.224. The van der Waals surface area contributed by atoms with Gasteiger partial charge in [-0.1, -0.05) is 18.1 Å². The molecule has 0 radical (unpaired) electrons. The summed E-state index contributed by atoms with van der Waals surface area (Å²) in [6.45, 7) is 5.81. The van der Waals surface area contributed by atoms with Crippen molar-refractivity contribution in [1.29, 1.82) is 0 Å². The summed E-state index contributed by atoms with van der Waals surface area (Å²) in [6.07, 6.45) is 6.87. The van der Waals surface area contributed by atoms with Crippen LogP contribution < -0.4 is 20.4 Å². The van der Waals surface area contributed by atoms with Gasteiger partial charge in [0.25, 0.3) is 0 Å². The largest absolute Gasteiger partial charge is 0.480 e. The predicted octanol–water partition coefficient (Wildman–Crippen LogP) is -0.588. The van der Waals surface area contributed by atoms with E-state index in [1.807, 2.05) is 24.3 Å². The van der Waals surface area contributed by atoms with Crippen molar-refractivity contribution in [1.82, 2.24) is 10.7 Å². The lowest BCUT2D eigenvalue weighted by molar-refractivity contribution is -0.906. The zero-order chi connectivity index (χ0) is 17.0. The fourth-order valence-electron chi connectivity index (χ4n) is 2.30. The lowest BCUT2D eigenvalue weighted by atomic mass is 10.2. The van der Waals surface area contributed by atoms with E-state index in [9.17, 15) is 0 Å². The van der Waals surface area contributed by atoms with Gasteiger partial charge in [0.15, 0.2) is 5.11 Å². The van der Waals surface area contributed by atoms with Crippen molar-refractivity contribution in [3.63, 3.8) is 0 Å². The summed E-state index contributed by atoms with van der Waals surface area (Å²) in [5.74, 6) is 3.14. The van der Waals surface area contributed by atoms with Gasteiger partial charge in [-0.3, -0.25) is 5.43 Å². The number of terminal acetylenes is 1. The average molecular weight is 347 g/mol. The van der Waals surface area contributed by atoms with Gasteiger partial charge in [0.2, 0.25) is 0 Å². The second kappa shape index (κ2) is 10.6. The van der Waals surface area contributed by atoms with Crippen LogP contribution in [0.25, 0.3) is 0 Å². The number of hydrogen-bond donors (Lipinski definition) is 3. The van der Waals surface area contributed by atoms with Crippen molar-refractivity contribution < 1.29 is 14.4 Å². The maximum absolute atomic E-state index is 5.46. The van der Waals surface area contributed by atoms with Gasteiger partial charge in [0, 0.05) is 5.56 Å². The molecule has 0 bridgehead atoms. The molecule has 0 atom stereocenters. The lowest BCUT2D eigenvalue weighted by Gasteiger charge is -2.23. The first kappa shape index (κ1) is 18.2. The molecule has 7 heteroatoms. The number of para-hydroxylation sites is 1. The van der Waals surface area contributed by atoms with Crippen LogP contribution in [0.4, 0.5) is 0 Å². The predicted molar refractivity (Wildman–Crippen MR) is 98.5 cm³/mol. The molecule has 0 amide bonds. The summed E-state index contributed by atoms with van der Waals surface area (Å²) in [5.41, 5.74) is 3.65. The molecule has 2 rings (SSSR count). The van der Waals surface area contributed by atoms with Crippen molar-refractivity contribution in [3.05, 3.63) is 29.8 Å². The lowest BCUT2D eigenvalue weighted by Crippen LogP contribution is -3.14. The van der Waals surface area contributed by atoms with E-state index in [0.29, 0.717) is 10.9 Å². The second-order valence-electron chi connectivity index (χ2n) is 5.27. The number of nitrogens with zero attached hydrogens (tertiary/aromatic N) is 1. The summed E-state index contributed by atoms with van der Waals surface area (Å²) in [5, 5.41) is 7.79. The Morgan fingerprint density at radius 1 is 1.42 bits per heavy atom. The van der Waals surface area contributed by atoms with Gasteiger partial charge in [-0.05, 0) is 24.4 Å². The van der Waals surface area contributed by atoms with Gasteiger partial charge in [0.1, 0.15) is 25.4 Å². The van der Waals surface area contributed by atoms with Crippen LogP contribution in [0, 0.1) is 12.3 Å². The molecule has 24 heavy (non-hydrogen) atoms. The van der Waals surface area contributed by atoms with Crippen LogP contribution in [0.1, 0.15) is 5.56 Å². The highest BCUT2D eigenvalue weighted by molar-refractivity contribution is 7.80. The van der Waals surface area contributed by atoms with E-state index in [-0.39, 0.29) is 6.61 Å². The summed E-state index contributed by atoms with van der Waals surface area (Å²) in [6, 6.07) is 7.54. The third-order valence-corrected chi connectivity index (χ3v) is 3.80. The Balaban J connectivity index is 1.71. The standard InChI is InChI=1S/C17H22N4O2S/c1-2-11-23-16-6-4-3-5-15(16)14-19-20-17(24)18-7-8-21-9-12-22-13-10-21/h1,3-6,14H,7-13H2,(H2,18,20,24)/p+1/b19-14-. The van der Waals surface area contributed by atoms with Gasteiger partial charge in [-0.15, -0.1) is 6.42 Å². The zero-order valence-electron chi connectivity index (χ0n) is 13.6. The van der Waals surface area contributed by atoms with E-state index >= 15 is 0 Å². The minimum Gasteiger partial charge on any atom is -0.480 e. The molecule has 1 fully saturated rings. The topological polar surface area (TPSA) is 59.3 Å². The van der Waals surface area contributed by atoms with Gasteiger partial charge in [-0.2, -0.15) is 5.10 Å². The first-order chi connectivity index (χ1) is 11.8. The molecule has 0 spiro atoms. The molecule has 0 unspecified atom stereocenters. The molecule has 3 N–H and O–H groups in total. The molecule has 0 aliphatic carbocycles. The maximum Gasteiger partial charge on any atom is 0.187 e. The normalized spacial score (nSPS) is 15.0. The average Bonchev–Trinajstić information content (AvgIpc) is 2.62. The quantitative estimate of drug-likeness (QED) is 0.266. The van der Waals surface area contributed by atoms with Crippen molar-refractivity contribution in [3.8, 4) is 18.1 Å². The fraction of sp³-hybridized carbons (Fsp3) is 0.412. The van der Waals surface area contributed by atoms with Crippen LogP contribution >= 0.6 is 12.2 Å². The number of hydrogen-bond acceptors (Lipinski definition) is 4. The summed E-state index contributed by atoms with van der Waals surface area (Å²) in [4.78, 5) is 1.53. The Morgan fingerprint density at radius 3 is 3.00 bits per heavy atom. The first-order valence-corrected chi connectivity index (χ1v) is 8.34. The van der Waals surface area contributed by atoms with Crippen LogP contribution in [-0.4, -0.2) is 57.3 Å². The van der Waals surface area contributed by atoms with Crippen LogP contribution in [0.5, 0.6) is 5.75 Å². The number of morpholine rings is 1. The maximum atomic E-state index is 5.46. The Labute approximate surface area is 148 Å². The Morgan fingerprint density at radius 2 is 2.21 bits per heavy atom. The SMILES string of the molecule is C#CCOc1ccccc1/C=N\NC(=S)NCC[NH+]1CCOCC1. The van der Waals surface area contributed by atoms with Gasteiger partial charge >= 0.3 is 0 Å². The molecule has 0 aromatic heterocycles. The smallest absolute Gasteiger partial charge is 0.187 e. The summed E-state index contributed by atoms with van der Waals surface area (Å²) in [7, 11) is 0. The number of benzene rings is 1. The van der Waals surface area contributed by atoms with E-state index < -0.39 is 0 Å². The molecule has 6 nitrogen and oxygen atoms in total. The van der Waals surface area contributed by atoms with E-state index in [2.05, 4.69) is 21.8 Å². The number of ether oxygens (including phenoxy) is 2. The molecule has 1 aliphatic heterocycles. The molecule has 0 saturated carbocycles. The highest BCUT2D eigenvalue weighted by Gasteiger charge is 2.12. The van der Waals surface area contributed by atoms with Crippen molar-refractivity contribution >= 4 is 23.5 Å². The van der Waals surface area contributed by atoms with Gasteiger partial charge in [-0.25, -0.2) is 0 Å². The van der Waals surface area contributed by atoms with Gasteiger partial charge < -0.3 is 19.7 Å². The Kier molecular flexibility index (Phi) is 8.04.